The van der Waals surface area contributed by atoms with Gasteiger partial charge in [-0.3, -0.25) is 10.1 Å². The maximum Gasteiger partial charge on any atom is 0.229 e. The van der Waals surface area contributed by atoms with E-state index in [-0.39, 0.29) is 24.2 Å². The number of hydrogen-bond donors (Lipinski definition) is 1. The number of fused-ring (bicyclic) bond motifs is 1. The Morgan fingerprint density at radius 2 is 1.60 bits per heavy atom. The lowest BCUT2D eigenvalue weighted by Gasteiger charge is -2.50. The number of methoxy groups -OCH3 is 3. The molecule has 4 atom stereocenters. The molecule has 0 radical (unpaired) electrons. The Labute approximate surface area is 211 Å². The van der Waals surface area contributed by atoms with Gasteiger partial charge in [0, 0.05) is 18.6 Å². The van der Waals surface area contributed by atoms with Crippen LogP contribution < -0.4 is 19.5 Å². The maximum atomic E-state index is 14.2. The minimum atomic E-state index is -0.218. The number of carbonyl (C=O) groups excluding carboxylic acids is 1. The highest BCUT2D eigenvalue weighted by Gasteiger charge is 2.46. The van der Waals surface area contributed by atoms with Gasteiger partial charge in [0.25, 0.3) is 0 Å². The molecule has 4 rings (SSSR count). The lowest BCUT2D eigenvalue weighted by molar-refractivity contribution is -0.151. The quantitative estimate of drug-likeness (QED) is 0.549. The first-order valence-electron chi connectivity index (χ1n) is 13.6. The number of ether oxygens (including phenoxy) is 3. The second-order valence-corrected chi connectivity index (χ2v) is 10.9. The molecule has 0 aromatic heterocycles. The topological polar surface area (TPSA) is 63.3 Å². The van der Waals surface area contributed by atoms with Crippen molar-refractivity contribution in [2.45, 2.75) is 83.5 Å². The normalized spacial score (nSPS) is 26.4. The number of amides is 1. The first-order chi connectivity index (χ1) is 17.0. The van der Waals surface area contributed by atoms with Crippen molar-refractivity contribution in [1.82, 2.24) is 15.1 Å². The summed E-state index contributed by atoms with van der Waals surface area (Å²) in [5.41, 5.74) is 0.990. The van der Waals surface area contributed by atoms with Gasteiger partial charge in [0.15, 0.2) is 11.5 Å². The molecule has 1 aromatic carbocycles. The van der Waals surface area contributed by atoms with E-state index >= 15 is 0 Å². The van der Waals surface area contributed by atoms with Crippen molar-refractivity contribution >= 4 is 5.91 Å². The molecule has 0 bridgehead atoms. The number of nitrogens with one attached hydrogen (secondary N) is 1. The number of benzene rings is 1. The zero-order chi connectivity index (χ0) is 24.9. The van der Waals surface area contributed by atoms with Crippen molar-refractivity contribution in [3.05, 3.63) is 17.7 Å². The molecule has 3 fully saturated rings. The van der Waals surface area contributed by atoms with Crippen LogP contribution in [-0.4, -0.2) is 68.8 Å². The van der Waals surface area contributed by atoms with Gasteiger partial charge in [-0.2, -0.15) is 0 Å². The summed E-state index contributed by atoms with van der Waals surface area (Å²) in [4.78, 5) is 19.0. The summed E-state index contributed by atoms with van der Waals surface area (Å²) >= 11 is 0. The third-order valence-corrected chi connectivity index (χ3v) is 8.05. The predicted octanol–water partition coefficient (Wildman–Crippen LogP) is 4.60. The molecular formula is C28H45N3O4. The number of nitrogens with zero attached hydrogens (tertiary/aromatic N) is 2. The largest absolute Gasteiger partial charge is 0.493 e. The van der Waals surface area contributed by atoms with Crippen LogP contribution in [0.25, 0.3) is 0 Å². The summed E-state index contributed by atoms with van der Waals surface area (Å²) in [7, 11) is 4.92. The summed E-state index contributed by atoms with van der Waals surface area (Å²) in [5, 5.41) is 3.92. The van der Waals surface area contributed by atoms with Gasteiger partial charge in [-0.05, 0) is 68.8 Å². The highest BCUT2D eigenvalue weighted by molar-refractivity contribution is 5.81. The molecule has 2 heterocycles. The van der Waals surface area contributed by atoms with E-state index in [1.807, 2.05) is 12.1 Å². The van der Waals surface area contributed by atoms with E-state index in [9.17, 15) is 4.79 Å². The molecule has 1 N–H and O–H groups in total. The predicted molar refractivity (Wildman–Crippen MR) is 138 cm³/mol. The van der Waals surface area contributed by atoms with Crippen LogP contribution in [0.4, 0.5) is 0 Å². The van der Waals surface area contributed by atoms with Crippen LogP contribution in [0.1, 0.15) is 76.9 Å². The summed E-state index contributed by atoms with van der Waals surface area (Å²) in [6, 6.07) is 4.39. The Bertz CT molecular complexity index is 830. The molecule has 35 heavy (non-hydrogen) atoms. The van der Waals surface area contributed by atoms with Crippen molar-refractivity contribution in [3.8, 4) is 17.2 Å². The van der Waals surface area contributed by atoms with Gasteiger partial charge in [-0.25, -0.2) is 0 Å². The third-order valence-electron chi connectivity index (χ3n) is 8.05. The third kappa shape index (κ3) is 5.72. The van der Waals surface area contributed by atoms with Gasteiger partial charge in [0.05, 0.1) is 27.2 Å². The van der Waals surface area contributed by atoms with E-state index < -0.39 is 0 Å². The second-order valence-electron chi connectivity index (χ2n) is 10.9. The number of carbonyl (C=O) groups is 1. The average molecular weight is 488 g/mol. The summed E-state index contributed by atoms with van der Waals surface area (Å²) < 4.78 is 16.9. The van der Waals surface area contributed by atoms with Gasteiger partial charge in [-0.15, -0.1) is 0 Å². The molecule has 1 saturated carbocycles. The van der Waals surface area contributed by atoms with Crippen LogP contribution in [-0.2, 0) is 4.79 Å². The van der Waals surface area contributed by atoms with Crippen LogP contribution in [0, 0.1) is 11.8 Å². The molecule has 1 aliphatic carbocycles. The lowest BCUT2D eigenvalue weighted by atomic mass is 9.80. The molecule has 4 unspecified atom stereocenters. The molecule has 196 valence electrons. The van der Waals surface area contributed by atoms with Crippen molar-refractivity contribution < 1.29 is 19.0 Å². The first-order valence-corrected chi connectivity index (χ1v) is 13.6. The Balaban J connectivity index is 1.75. The van der Waals surface area contributed by atoms with Crippen molar-refractivity contribution in [2.75, 3.05) is 41.0 Å². The van der Waals surface area contributed by atoms with Gasteiger partial charge in [0.2, 0.25) is 11.7 Å². The van der Waals surface area contributed by atoms with Gasteiger partial charge in [-0.1, -0.05) is 33.1 Å². The zero-order valence-corrected chi connectivity index (χ0v) is 22.3. The Morgan fingerprint density at radius 1 is 0.943 bits per heavy atom. The fourth-order valence-electron chi connectivity index (χ4n) is 6.39. The molecule has 1 amide bonds. The average Bonchev–Trinajstić information content (AvgIpc) is 2.87. The Morgan fingerprint density at radius 3 is 2.20 bits per heavy atom. The second kappa shape index (κ2) is 11.8. The molecule has 3 aliphatic rings. The van der Waals surface area contributed by atoms with Gasteiger partial charge < -0.3 is 24.0 Å². The molecule has 1 aromatic rings. The first kappa shape index (κ1) is 26.1. The van der Waals surface area contributed by atoms with Crippen LogP contribution in [0.15, 0.2) is 12.1 Å². The monoisotopic (exact) mass is 487 g/mol. The van der Waals surface area contributed by atoms with Crippen LogP contribution in [0.5, 0.6) is 17.2 Å². The van der Waals surface area contributed by atoms with Crippen molar-refractivity contribution in [1.29, 1.82) is 0 Å². The molecule has 7 heteroatoms. The molecule has 2 aliphatic heterocycles. The maximum absolute atomic E-state index is 14.2. The number of piperidine rings is 1. The number of likely N-dealkylation sites (tertiary alicyclic amines) is 1. The summed E-state index contributed by atoms with van der Waals surface area (Å²) in [6.07, 6.45) is 8.92. The zero-order valence-electron chi connectivity index (χ0n) is 22.3. The molecular weight excluding hydrogens is 442 g/mol. The minimum Gasteiger partial charge on any atom is -0.493 e. The van der Waals surface area contributed by atoms with Crippen LogP contribution >= 0.6 is 0 Å². The standard InChI is InChI=1S/C28H45N3O4/c1-19(2)15-21(18-30-13-9-6-10-14-30)31-27(29-23-12-8-7-11-22(23)28(31)32)20-16-24(33-3)26(35-5)25(17-20)34-4/h16-17,19,21-23,27,29H,6-15,18H2,1-5H3. The summed E-state index contributed by atoms with van der Waals surface area (Å²) in [5.74, 6) is 2.71. The highest BCUT2D eigenvalue weighted by Crippen LogP contribution is 2.43. The molecule has 0 spiro atoms. The minimum absolute atomic E-state index is 0.0676. The highest BCUT2D eigenvalue weighted by atomic mass is 16.5. The van der Waals surface area contributed by atoms with E-state index in [0.717, 1.165) is 50.9 Å². The van der Waals surface area contributed by atoms with E-state index in [1.165, 1.54) is 25.7 Å². The van der Waals surface area contributed by atoms with E-state index in [2.05, 4.69) is 29.0 Å². The van der Waals surface area contributed by atoms with Crippen LogP contribution in [0.2, 0.25) is 0 Å². The number of rotatable bonds is 9. The Hall–Kier alpha value is -1.99. The van der Waals surface area contributed by atoms with E-state index in [4.69, 9.17) is 14.2 Å². The summed E-state index contributed by atoms with van der Waals surface area (Å²) in [6.45, 7) is 7.73. The van der Waals surface area contributed by atoms with Crippen molar-refractivity contribution in [2.24, 2.45) is 11.8 Å². The smallest absolute Gasteiger partial charge is 0.229 e. The van der Waals surface area contributed by atoms with E-state index in [1.54, 1.807) is 21.3 Å². The molecule has 7 nitrogen and oxygen atoms in total. The fraction of sp³-hybridized carbons (Fsp3) is 0.750. The SMILES string of the molecule is COc1cc(C2NC3CCCCC3C(=O)N2C(CC(C)C)CN2CCCCC2)cc(OC)c1OC. The fourth-order valence-corrected chi connectivity index (χ4v) is 6.39. The molecule has 2 saturated heterocycles. The Kier molecular flexibility index (Phi) is 8.82. The number of hydrogen-bond acceptors (Lipinski definition) is 6. The van der Waals surface area contributed by atoms with E-state index in [0.29, 0.717) is 29.1 Å². The lowest BCUT2D eigenvalue weighted by Crippen LogP contribution is -2.63. The van der Waals surface area contributed by atoms with Crippen molar-refractivity contribution in [3.63, 3.8) is 0 Å². The van der Waals surface area contributed by atoms with Gasteiger partial charge >= 0.3 is 0 Å². The van der Waals surface area contributed by atoms with Crippen LogP contribution in [0.3, 0.4) is 0 Å². The van der Waals surface area contributed by atoms with Gasteiger partial charge in [0.1, 0.15) is 6.17 Å².